The molecule has 0 aliphatic heterocycles. The Bertz CT molecular complexity index is 766. The van der Waals surface area contributed by atoms with Gasteiger partial charge in [0.2, 0.25) is 0 Å². The summed E-state index contributed by atoms with van der Waals surface area (Å²) in [4.78, 5) is 37.4. The van der Waals surface area contributed by atoms with Crippen LogP contribution in [0.5, 0.6) is 0 Å². The van der Waals surface area contributed by atoms with Gasteiger partial charge in [-0.1, -0.05) is 207 Å². The van der Waals surface area contributed by atoms with Gasteiger partial charge < -0.3 is 14.2 Å². The average Bonchev–Trinajstić information content (AvgIpc) is 3.11. The van der Waals surface area contributed by atoms with Gasteiger partial charge in [0.25, 0.3) is 0 Å². The minimum absolute atomic E-state index is 0.0652. The molecule has 1 atom stereocenters. The topological polar surface area (TPSA) is 78.9 Å². The molecule has 0 rings (SSSR count). The lowest BCUT2D eigenvalue weighted by atomic mass is 10.0. The van der Waals surface area contributed by atoms with Crippen LogP contribution in [0.4, 0.5) is 0 Å². The molecule has 0 saturated carbocycles. The molecule has 0 aliphatic carbocycles. The van der Waals surface area contributed by atoms with Gasteiger partial charge in [-0.3, -0.25) is 14.4 Å². The zero-order valence-electron chi connectivity index (χ0n) is 34.6. The number of ether oxygens (including phenoxy) is 3. The molecule has 6 heteroatoms. The van der Waals surface area contributed by atoms with Crippen molar-refractivity contribution in [2.45, 2.75) is 252 Å². The Kier molecular flexibility index (Phi) is 38.4. The fourth-order valence-electron chi connectivity index (χ4n) is 6.63. The van der Waals surface area contributed by atoms with E-state index in [9.17, 15) is 14.4 Å². The number of hydrogen-bond acceptors (Lipinski definition) is 6. The maximum absolute atomic E-state index is 12.5. The monoisotopic (exact) mass is 723 g/mol. The van der Waals surface area contributed by atoms with E-state index >= 15 is 0 Å². The quantitative estimate of drug-likeness (QED) is 0.0356. The molecule has 0 fully saturated rings. The molecule has 0 N–H and O–H groups in total. The van der Waals surface area contributed by atoms with Crippen LogP contribution in [0.1, 0.15) is 246 Å². The van der Waals surface area contributed by atoms with Crippen molar-refractivity contribution in [1.29, 1.82) is 0 Å². The van der Waals surface area contributed by atoms with Crippen molar-refractivity contribution in [2.75, 3.05) is 13.2 Å². The first-order chi connectivity index (χ1) is 24.9. The molecule has 0 aromatic carbocycles. The molecule has 0 aromatic rings. The zero-order chi connectivity index (χ0) is 37.5. The lowest BCUT2D eigenvalue weighted by molar-refractivity contribution is -0.167. The minimum atomic E-state index is -0.757. The highest BCUT2D eigenvalue weighted by Gasteiger charge is 2.19. The van der Waals surface area contributed by atoms with Crippen LogP contribution in [0.3, 0.4) is 0 Å². The van der Waals surface area contributed by atoms with E-state index in [1.165, 1.54) is 135 Å². The molecule has 0 unspecified atom stereocenters. The summed E-state index contributed by atoms with van der Waals surface area (Å²) in [6.45, 7) is 8.91. The number of rotatable bonds is 40. The standard InChI is InChI=1S/C45H86O6/c1-5-7-9-11-12-13-14-15-16-19-22-25-29-32-36-43(46)49-39-42(51-45(48)38-34-27-10-8-6-2)40-50-44(47)37-33-30-26-23-20-17-18-21-24-28-31-35-41(3)4/h41-42H,5-40H2,1-4H3/t42-/m0/s1. The molecule has 6 nitrogen and oxygen atoms in total. The van der Waals surface area contributed by atoms with E-state index in [4.69, 9.17) is 14.2 Å². The summed E-state index contributed by atoms with van der Waals surface area (Å²) in [7, 11) is 0. The minimum Gasteiger partial charge on any atom is -0.462 e. The highest BCUT2D eigenvalue weighted by Crippen LogP contribution is 2.16. The van der Waals surface area contributed by atoms with Crippen LogP contribution >= 0.6 is 0 Å². The van der Waals surface area contributed by atoms with Crippen LogP contribution in [0, 0.1) is 5.92 Å². The Balaban J connectivity index is 4.14. The third-order valence-electron chi connectivity index (χ3n) is 10.0. The summed E-state index contributed by atoms with van der Waals surface area (Å²) in [6.07, 6.45) is 38.3. The second kappa shape index (κ2) is 39.6. The van der Waals surface area contributed by atoms with Crippen molar-refractivity contribution in [3.8, 4) is 0 Å². The maximum Gasteiger partial charge on any atom is 0.306 e. The van der Waals surface area contributed by atoms with Crippen LogP contribution in [0.25, 0.3) is 0 Å². The zero-order valence-corrected chi connectivity index (χ0v) is 34.6. The third-order valence-corrected chi connectivity index (χ3v) is 10.0. The molecule has 0 aromatic heterocycles. The molecule has 51 heavy (non-hydrogen) atoms. The number of carbonyl (C=O) groups is 3. The van der Waals surface area contributed by atoms with Gasteiger partial charge in [0, 0.05) is 19.3 Å². The Morgan fingerprint density at radius 2 is 0.647 bits per heavy atom. The Morgan fingerprint density at radius 3 is 0.961 bits per heavy atom. The smallest absolute Gasteiger partial charge is 0.306 e. The summed E-state index contributed by atoms with van der Waals surface area (Å²) in [5, 5.41) is 0. The van der Waals surface area contributed by atoms with Crippen LogP contribution in [0.2, 0.25) is 0 Å². The van der Waals surface area contributed by atoms with Gasteiger partial charge in [0.15, 0.2) is 6.10 Å². The van der Waals surface area contributed by atoms with Crippen LogP contribution in [0.15, 0.2) is 0 Å². The number of esters is 3. The van der Waals surface area contributed by atoms with E-state index in [1.807, 2.05) is 0 Å². The van der Waals surface area contributed by atoms with Crippen molar-refractivity contribution in [1.82, 2.24) is 0 Å². The Morgan fingerprint density at radius 1 is 0.373 bits per heavy atom. The van der Waals surface area contributed by atoms with E-state index in [0.717, 1.165) is 70.1 Å². The van der Waals surface area contributed by atoms with Gasteiger partial charge in [-0.05, 0) is 25.2 Å². The predicted octanol–water partition coefficient (Wildman–Crippen LogP) is 13.9. The maximum atomic E-state index is 12.5. The molecular formula is C45H86O6. The average molecular weight is 723 g/mol. The Hall–Kier alpha value is -1.59. The summed E-state index contributed by atoms with van der Waals surface area (Å²) in [6, 6.07) is 0. The number of carbonyl (C=O) groups excluding carboxylic acids is 3. The highest BCUT2D eigenvalue weighted by molar-refractivity contribution is 5.71. The van der Waals surface area contributed by atoms with Crippen LogP contribution in [-0.4, -0.2) is 37.2 Å². The first-order valence-corrected chi connectivity index (χ1v) is 22.4. The van der Waals surface area contributed by atoms with Gasteiger partial charge >= 0.3 is 17.9 Å². The summed E-state index contributed by atoms with van der Waals surface area (Å²) in [5.41, 5.74) is 0. The lowest BCUT2D eigenvalue weighted by Gasteiger charge is -2.18. The number of unbranched alkanes of at least 4 members (excludes halogenated alkanes) is 27. The second-order valence-electron chi connectivity index (χ2n) is 15.8. The first-order valence-electron chi connectivity index (χ1n) is 22.4. The third kappa shape index (κ3) is 39.5. The molecule has 0 saturated heterocycles. The highest BCUT2D eigenvalue weighted by atomic mass is 16.6. The van der Waals surface area contributed by atoms with Crippen molar-refractivity contribution in [3.05, 3.63) is 0 Å². The Labute approximate surface area is 317 Å². The van der Waals surface area contributed by atoms with Crippen molar-refractivity contribution in [3.63, 3.8) is 0 Å². The second-order valence-corrected chi connectivity index (χ2v) is 15.8. The van der Waals surface area contributed by atoms with E-state index in [2.05, 4.69) is 27.7 Å². The van der Waals surface area contributed by atoms with Gasteiger partial charge in [-0.25, -0.2) is 0 Å². The molecule has 0 aliphatic rings. The molecule has 0 amide bonds. The SMILES string of the molecule is CCCCCCCCCCCCCCCCC(=O)OC[C@@H](COC(=O)CCCCCCCCCCCCCC(C)C)OC(=O)CCCCCCC. The van der Waals surface area contributed by atoms with E-state index in [-0.39, 0.29) is 31.1 Å². The summed E-state index contributed by atoms with van der Waals surface area (Å²) >= 11 is 0. The molecule has 0 spiro atoms. The van der Waals surface area contributed by atoms with Crippen molar-refractivity contribution in [2.24, 2.45) is 5.92 Å². The largest absolute Gasteiger partial charge is 0.462 e. The fourth-order valence-corrected chi connectivity index (χ4v) is 6.63. The van der Waals surface area contributed by atoms with Crippen LogP contribution in [-0.2, 0) is 28.6 Å². The van der Waals surface area contributed by atoms with E-state index in [1.54, 1.807) is 0 Å². The summed E-state index contributed by atoms with van der Waals surface area (Å²) in [5.74, 6) is -0.0425. The van der Waals surface area contributed by atoms with E-state index < -0.39 is 6.10 Å². The van der Waals surface area contributed by atoms with Crippen molar-refractivity contribution >= 4 is 17.9 Å². The predicted molar refractivity (Wildman–Crippen MR) is 215 cm³/mol. The van der Waals surface area contributed by atoms with E-state index in [0.29, 0.717) is 19.3 Å². The number of hydrogen-bond donors (Lipinski definition) is 0. The van der Waals surface area contributed by atoms with Gasteiger partial charge in [-0.2, -0.15) is 0 Å². The van der Waals surface area contributed by atoms with Gasteiger partial charge in [0.1, 0.15) is 13.2 Å². The molecule has 0 bridgehead atoms. The molecule has 302 valence electrons. The normalized spacial score (nSPS) is 11.9. The fraction of sp³-hybridized carbons (Fsp3) is 0.933. The lowest BCUT2D eigenvalue weighted by Crippen LogP contribution is -2.30. The summed E-state index contributed by atoms with van der Waals surface area (Å²) < 4.78 is 16.6. The first kappa shape index (κ1) is 49.4. The van der Waals surface area contributed by atoms with Gasteiger partial charge in [0.05, 0.1) is 0 Å². The molecular weight excluding hydrogens is 636 g/mol. The van der Waals surface area contributed by atoms with Gasteiger partial charge in [-0.15, -0.1) is 0 Å². The molecule has 0 radical (unpaired) electrons. The van der Waals surface area contributed by atoms with Crippen LogP contribution < -0.4 is 0 Å². The van der Waals surface area contributed by atoms with Crippen molar-refractivity contribution < 1.29 is 28.6 Å². The molecule has 0 heterocycles.